The quantitative estimate of drug-likeness (QED) is 0.843. The minimum atomic E-state index is -0.329. The molecule has 0 amide bonds. The lowest BCUT2D eigenvalue weighted by Gasteiger charge is -2.06. The van der Waals surface area contributed by atoms with Crippen molar-refractivity contribution in [3.8, 4) is 5.75 Å². The van der Waals surface area contributed by atoms with E-state index in [1.165, 1.54) is 12.1 Å². The Morgan fingerprint density at radius 3 is 2.95 bits per heavy atom. The fourth-order valence-electron chi connectivity index (χ4n) is 1.83. The standard InChI is InChI=1S/C14H18FN3O2/c1-3-4-13-17-14(20-18-13)9-19-12-6-10(8-16-2)5-11(15)7-12/h5-7,16H,3-4,8-9H2,1-2H3. The van der Waals surface area contributed by atoms with Gasteiger partial charge in [-0.25, -0.2) is 4.39 Å². The van der Waals surface area contributed by atoms with Crippen LogP contribution < -0.4 is 10.1 Å². The van der Waals surface area contributed by atoms with E-state index in [4.69, 9.17) is 9.26 Å². The molecule has 1 heterocycles. The summed E-state index contributed by atoms with van der Waals surface area (Å²) >= 11 is 0. The minimum Gasteiger partial charge on any atom is -0.484 e. The van der Waals surface area contributed by atoms with E-state index in [9.17, 15) is 4.39 Å². The molecule has 0 aliphatic carbocycles. The maximum absolute atomic E-state index is 13.4. The third kappa shape index (κ3) is 4.03. The van der Waals surface area contributed by atoms with E-state index < -0.39 is 0 Å². The molecular formula is C14H18FN3O2. The number of rotatable bonds is 7. The number of ether oxygens (including phenoxy) is 1. The van der Waals surface area contributed by atoms with Gasteiger partial charge >= 0.3 is 0 Å². The summed E-state index contributed by atoms with van der Waals surface area (Å²) in [5.41, 5.74) is 0.819. The van der Waals surface area contributed by atoms with E-state index in [1.807, 2.05) is 6.92 Å². The van der Waals surface area contributed by atoms with Crippen LogP contribution in [0.1, 0.15) is 30.6 Å². The zero-order valence-electron chi connectivity index (χ0n) is 11.6. The van der Waals surface area contributed by atoms with Crippen LogP contribution in [0.25, 0.3) is 0 Å². The van der Waals surface area contributed by atoms with Crippen molar-refractivity contribution in [2.45, 2.75) is 32.9 Å². The van der Waals surface area contributed by atoms with Crippen LogP contribution in [0.5, 0.6) is 5.75 Å². The zero-order chi connectivity index (χ0) is 14.4. The molecule has 0 radical (unpaired) electrons. The molecule has 1 aromatic heterocycles. The Labute approximate surface area is 117 Å². The lowest BCUT2D eigenvalue weighted by molar-refractivity contribution is 0.241. The van der Waals surface area contributed by atoms with Crippen molar-refractivity contribution < 1.29 is 13.7 Å². The van der Waals surface area contributed by atoms with E-state index in [1.54, 1.807) is 13.1 Å². The van der Waals surface area contributed by atoms with Gasteiger partial charge in [0, 0.05) is 19.0 Å². The van der Waals surface area contributed by atoms with Crippen LogP contribution >= 0.6 is 0 Å². The molecule has 6 heteroatoms. The Hall–Kier alpha value is -1.95. The zero-order valence-corrected chi connectivity index (χ0v) is 11.6. The smallest absolute Gasteiger partial charge is 0.264 e. The summed E-state index contributed by atoms with van der Waals surface area (Å²) in [5, 5.41) is 6.80. The lowest BCUT2D eigenvalue weighted by atomic mass is 10.2. The van der Waals surface area contributed by atoms with Crippen LogP contribution in [0.2, 0.25) is 0 Å². The Balaban J connectivity index is 1.98. The average Bonchev–Trinajstić information content (AvgIpc) is 2.84. The van der Waals surface area contributed by atoms with Crippen molar-refractivity contribution in [1.29, 1.82) is 0 Å². The van der Waals surface area contributed by atoms with E-state index in [2.05, 4.69) is 15.5 Å². The third-order valence-electron chi connectivity index (χ3n) is 2.66. The highest BCUT2D eigenvalue weighted by Gasteiger charge is 2.07. The Morgan fingerprint density at radius 1 is 1.35 bits per heavy atom. The van der Waals surface area contributed by atoms with Gasteiger partial charge in [0.05, 0.1) is 0 Å². The molecule has 0 spiro atoms. The van der Waals surface area contributed by atoms with Gasteiger partial charge in [-0.2, -0.15) is 4.98 Å². The topological polar surface area (TPSA) is 60.2 Å². The molecule has 0 unspecified atom stereocenters. The maximum atomic E-state index is 13.4. The van der Waals surface area contributed by atoms with Crippen molar-refractivity contribution in [2.75, 3.05) is 7.05 Å². The van der Waals surface area contributed by atoms with Crippen LogP contribution in [0.15, 0.2) is 22.7 Å². The first kappa shape index (κ1) is 14.5. The number of hydrogen-bond acceptors (Lipinski definition) is 5. The van der Waals surface area contributed by atoms with Crippen molar-refractivity contribution in [3.63, 3.8) is 0 Å². The molecule has 1 aromatic carbocycles. The van der Waals surface area contributed by atoms with Gasteiger partial charge in [0.25, 0.3) is 5.89 Å². The van der Waals surface area contributed by atoms with Crippen molar-refractivity contribution >= 4 is 0 Å². The summed E-state index contributed by atoms with van der Waals surface area (Å²) in [6.45, 7) is 2.76. The Bertz CT molecular complexity index is 557. The van der Waals surface area contributed by atoms with Crippen LogP contribution in [0.3, 0.4) is 0 Å². The average molecular weight is 279 g/mol. The van der Waals surface area contributed by atoms with Gasteiger partial charge in [-0.05, 0) is 31.2 Å². The van der Waals surface area contributed by atoms with Crippen molar-refractivity contribution in [3.05, 3.63) is 41.3 Å². The van der Waals surface area contributed by atoms with Gasteiger partial charge < -0.3 is 14.6 Å². The Morgan fingerprint density at radius 2 is 2.20 bits per heavy atom. The van der Waals surface area contributed by atoms with E-state index in [-0.39, 0.29) is 12.4 Å². The highest BCUT2D eigenvalue weighted by molar-refractivity contribution is 5.29. The number of hydrogen-bond donors (Lipinski definition) is 1. The van der Waals surface area contributed by atoms with Crippen LogP contribution in [0, 0.1) is 5.82 Å². The van der Waals surface area contributed by atoms with Gasteiger partial charge in [-0.15, -0.1) is 0 Å². The second-order valence-electron chi connectivity index (χ2n) is 4.47. The second kappa shape index (κ2) is 7.00. The molecule has 0 saturated carbocycles. The predicted molar refractivity (Wildman–Crippen MR) is 71.8 cm³/mol. The van der Waals surface area contributed by atoms with Gasteiger partial charge in [-0.1, -0.05) is 12.1 Å². The normalized spacial score (nSPS) is 10.8. The van der Waals surface area contributed by atoms with Crippen LogP contribution in [-0.2, 0) is 19.6 Å². The largest absolute Gasteiger partial charge is 0.484 e. The first-order valence-corrected chi connectivity index (χ1v) is 6.59. The van der Waals surface area contributed by atoms with Gasteiger partial charge in [0.1, 0.15) is 11.6 Å². The van der Waals surface area contributed by atoms with Gasteiger partial charge in [-0.3, -0.25) is 0 Å². The molecule has 0 saturated heterocycles. The van der Waals surface area contributed by atoms with E-state index >= 15 is 0 Å². The molecule has 108 valence electrons. The minimum absolute atomic E-state index is 0.138. The van der Waals surface area contributed by atoms with Crippen LogP contribution in [0.4, 0.5) is 4.39 Å². The Kier molecular flexibility index (Phi) is 5.06. The lowest BCUT2D eigenvalue weighted by Crippen LogP contribution is -2.06. The predicted octanol–water partition coefficient (Wildman–Crippen LogP) is 2.46. The van der Waals surface area contributed by atoms with Gasteiger partial charge in [0.2, 0.25) is 0 Å². The monoisotopic (exact) mass is 279 g/mol. The van der Waals surface area contributed by atoms with E-state index in [0.717, 1.165) is 18.4 Å². The summed E-state index contributed by atoms with van der Waals surface area (Å²) in [6, 6.07) is 4.58. The molecule has 0 bridgehead atoms. The molecular weight excluding hydrogens is 261 g/mol. The SMILES string of the molecule is CCCc1noc(COc2cc(F)cc(CNC)c2)n1. The summed E-state index contributed by atoms with van der Waals surface area (Å²) in [6.07, 6.45) is 1.73. The van der Waals surface area contributed by atoms with Crippen LogP contribution in [-0.4, -0.2) is 17.2 Å². The molecule has 0 atom stereocenters. The van der Waals surface area contributed by atoms with E-state index in [0.29, 0.717) is 24.0 Å². The number of benzene rings is 1. The molecule has 0 aliphatic rings. The molecule has 2 rings (SSSR count). The summed E-state index contributed by atoms with van der Waals surface area (Å²) in [4.78, 5) is 4.19. The van der Waals surface area contributed by atoms with Crippen molar-refractivity contribution in [2.24, 2.45) is 0 Å². The number of halogens is 1. The number of nitrogens with one attached hydrogen (secondary N) is 1. The molecule has 0 aliphatic heterocycles. The fraction of sp³-hybridized carbons (Fsp3) is 0.429. The summed E-state index contributed by atoms with van der Waals surface area (Å²) < 4.78 is 24.0. The molecule has 2 aromatic rings. The van der Waals surface area contributed by atoms with Crippen molar-refractivity contribution in [1.82, 2.24) is 15.5 Å². The fourth-order valence-corrected chi connectivity index (χ4v) is 1.83. The third-order valence-corrected chi connectivity index (χ3v) is 2.66. The highest BCUT2D eigenvalue weighted by Crippen LogP contribution is 2.17. The molecule has 0 fully saturated rings. The molecule has 1 N–H and O–H groups in total. The van der Waals surface area contributed by atoms with Gasteiger partial charge in [0.15, 0.2) is 12.4 Å². The number of aryl methyl sites for hydroxylation is 1. The number of nitrogens with zero attached hydrogens (tertiary/aromatic N) is 2. The summed E-state index contributed by atoms with van der Waals surface area (Å²) in [7, 11) is 1.80. The maximum Gasteiger partial charge on any atom is 0.264 e. The number of aromatic nitrogens is 2. The molecule has 20 heavy (non-hydrogen) atoms. The highest BCUT2D eigenvalue weighted by atomic mass is 19.1. The first-order chi connectivity index (χ1) is 9.71. The first-order valence-electron chi connectivity index (χ1n) is 6.59. The second-order valence-corrected chi connectivity index (χ2v) is 4.47. The summed E-state index contributed by atoms with van der Waals surface area (Å²) in [5.74, 6) is 1.18. The molecule has 5 nitrogen and oxygen atoms in total.